The molecule has 3 heterocycles. The maximum atomic E-state index is 11.6. The predicted octanol–water partition coefficient (Wildman–Crippen LogP) is 4.05. The van der Waals surface area contributed by atoms with E-state index in [1.54, 1.807) is 37.6 Å². The molecule has 1 aliphatic heterocycles. The summed E-state index contributed by atoms with van der Waals surface area (Å²) >= 11 is 1.69. The smallest absolute Gasteiger partial charge is 0.303 e. The van der Waals surface area contributed by atoms with Crippen molar-refractivity contribution in [3.8, 4) is 5.75 Å². The molecule has 0 aliphatic carbocycles. The van der Waals surface area contributed by atoms with E-state index in [0.29, 0.717) is 6.42 Å². The molecule has 1 fully saturated rings. The van der Waals surface area contributed by atoms with Crippen LogP contribution in [0.3, 0.4) is 0 Å². The Morgan fingerprint density at radius 2 is 2.11 bits per heavy atom. The van der Waals surface area contributed by atoms with Crippen molar-refractivity contribution in [3.05, 3.63) is 54.6 Å². The number of carboxylic acid groups (broad SMARTS) is 1. The Hall–Kier alpha value is -2.75. The number of piperidine rings is 1. The van der Waals surface area contributed by atoms with E-state index in [2.05, 4.69) is 19.9 Å². The van der Waals surface area contributed by atoms with E-state index < -0.39 is 12.1 Å². The number of hydrogen-bond donors (Lipinski definition) is 2. The van der Waals surface area contributed by atoms with Gasteiger partial charge >= 0.3 is 5.97 Å². The van der Waals surface area contributed by atoms with Gasteiger partial charge in [0.25, 0.3) is 0 Å². The Bertz CT molecular complexity index is 1120. The first-order valence-electron chi connectivity index (χ1n) is 12.0. The van der Waals surface area contributed by atoms with Crippen molar-refractivity contribution in [2.75, 3.05) is 32.5 Å². The number of likely N-dealkylation sites (tertiary alicyclic amines) is 1. The minimum Gasteiger partial charge on any atom is -0.497 e. The summed E-state index contributed by atoms with van der Waals surface area (Å²) in [6, 6.07) is 9.43. The average Bonchev–Trinajstić information content (AvgIpc) is 2.87. The molecule has 4 rings (SSSR count). The molecule has 3 atom stereocenters. The molecule has 0 radical (unpaired) electrons. The number of hydrogen-bond acceptors (Lipinski definition) is 8. The van der Waals surface area contributed by atoms with E-state index >= 15 is 0 Å². The standard InChI is InChI=1S/C26H32N4O4S/c1-34-20-3-4-23-22(15-20)21(6-10-28-23)24(31)5-2-18-8-11-30(16-19(18)14-26(32)33)12-13-35-25-7-9-27-17-29-25/h3-4,6-7,9-10,15,17-19,24,31H,2,5,8,11-14,16H2,1H3,(H,32,33)/t18-,19+,24-/m1/s1. The number of thioether (sulfide) groups is 1. The number of nitrogens with zero attached hydrogens (tertiary/aromatic N) is 4. The van der Waals surface area contributed by atoms with Crippen LogP contribution < -0.4 is 4.74 Å². The van der Waals surface area contributed by atoms with Gasteiger partial charge in [-0.1, -0.05) is 0 Å². The Morgan fingerprint density at radius 3 is 2.89 bits per heavy atom. The fourth-order valence-electron chi connectivity index (χ4n) is 4.93. The summed E-state index contributed by atoms with van der Waals surface area (Å²) in [4.78, 5) is 26.5. The Balaban J connectivity index is 1.35. The third kappa shape index (κ3) is 6.90. The van der Waals surface area contributed by atoms with Gasteiger partial charge in [-0.15, -0.1) is 11.8 Å². The Kier molecular flexibility index (Phi) is 8.90. The Labute approximate surface area is 209 Å². The first-order chi connectivity index (χ1) is 17.0. The van der Waals surface area contributed by atoms with E-state index in [4.69, 9.17) is 4.74 Å². The van der Waals surface area contributed by atoms with Gasteiger partial charge in [-0.05, 0) is 73.5 Å². The molecule has 1 saturated heterocycles. The van der Waals surface area contributed by atoms with Crippen molar-refractivity contribution in [2.24, 2.45) is 11.8 Å². The number of aromatic nitrogens is 3. The van der Waals surface area contributed by atoms with Gasteiger partial charge in [-0.3, -0.25) is 9.78 Å². The first kappa shape index (κ1) is 25.3. The lowest BCUT2D eigenvalue weighted by atomic mass is 9.79. The largest absolute Gasteiger partial charge is 0.497 e. The van der Waals surface area contributed by atoms with E-state index in [1.165, 1.54) is 0 Å². The van der Waals surface area contributed by atoms with E-state index in [-0.39, 0.29) is 18.3 Å². The molecule has 35 heavy (non-hydrogen) atoms. The summed E-state index contributed by atoms with van der Waals surface area (Å²) in [5.41, 5.74) is 1.65. The van der Waals surface area contributed by atoms with Crippen molar-refractivity contribution < 1.29 is 19.7 Å². The van der Waals surface area contributed by atoms with Gasteiger partial charge in [-0.2, -0.15) is 0 Å². The lowest BCUT2D eigenvalue weighted by molar-refractivity contribution is -0.139. The molecular formula is C26H32N4O4S. The van der Waals surface area contributed by atoms with E-state index in [1.807, 2.05) is 30.3 Å². The summed E-state index contributed by atoms with van der Waals surface area (Å²) in [6.45, 7) is 2.61. The maximum absolute atomic E-state index is 11.6. The average molecular weight is 497 g/mol. The van der Waals surface area contributed by atoms with Crippen molar-refractivity contribution in [1.82, 2.24) is 19.9 Å². The van der Waals surface area contributed by atoms with Gasteiger partial charge in [0.05, 0.1) is 23.8 Å². The maximum Gasteiger partial charge on any atom is 0.303 e. The minimum atomic E-state index is -0.759. The van der Waals surface area contributed by atoms with Crippen molar-refractivity contribution >= 4 is 28.6 Å². The summed E-state index contributed by atoms with van der Waals surface area (Å²) in [6.07, 6.45) is 6.84. The molecule has 0 amide bonds. The van der Waals surface area contributed by atoms with Gasteiger partial charge in [0.15, 0.2) is 0 Å². The molecule has 1 aromatic carbocycles. The molecule has 8 nitrogen and oxygen atoms in total. The van der Waals surface area contributed by atoms with Crippen LogP contribution in [-0.2, 0) is 4.79 Å². The van der Waals surface area contributed by atoms with E-state index in [9.17, 15) is 15.0 Å². The number of benzene rings is 1. The molecule has 0 unspecified atom stereocenters. The molecule has 1 aliphatic rings. The van der Waals surface area contributed by atoms with Gasteiger partial charge in [0.1, 0.15) is 12.1 Å². The highest BCUT2D eigenvalue weighted by molar-refractivity contribution is 7.99. The van der Waals surface area contributed by atoms with Crippen LogP contribution in [0, 0.1) is 11.8 Å². The third-order valence-electron chi connectivity index (χ3n) is 6.78. The normalized spacial score (nSPS) is 19.5. The van der Waals surface area contributed by atoms with Gasteiger partial charge < -0.3 is 19.8 Å². The second kappa shape index (κ2) is 12.3. The van der Waals surface area contributed by atoms with Gasteiger partial charge in [-0.25, -0.2) is 9.97 Å². The topological polar surface area (TPSA) is 109 Å². The second-order valence-electron chi connectivity index (χ2n) is 8.98. The van der Waals surface area contributed by atoms with Gasteiger partial charge in [0.2, 0.25) is 0 Å². The zero-order chi connectivity index (χ0) is 24.6. The molecule has 0 saturated carbocycles. The molecule has 3 aromatic rings. The molecule has 0 bridgehead atoms. The van der Waals surface area contributed by atoms with Crippen LogP contribution >= 0.6 is 11.8 Å². The second-order valence-corrected chi connectivity index (χ2v) is 10.1. The fraction of sp³-hybridized carbons (Fsp3) is 0.462. The molecule has 0 spiro atoms. The van der Waals surface area contributed by atoms with Crippen molar-refractivity contribution in [3.63, 3.8) is 0 Å². The number of methoxy groups -OCH3 is 1. The number of ether oxygens (including phenoxy) is 1. The van der Waals surface area contributed by atoms with E-state index in [0.717, 1.165) is 65.5 Å². The number of carboxylic acids is 1. The third-order valence-corrected chi connectivity index (χ3v) is 7.70. The highest BCUT2D eigenvalue weighted by atomic mass is 32.2. The molecule has 2 aromatic heterocycles. The SMILES string of the molecule is COc1ccc2nccc([C@H](O)CC[C@@H]3CCN(CCSc4ccncn4)C[C@@H]3CC(=O)O)c2c1. The van der Waals surface area contributed by atoms with Crippen LogP contribution in [0.4, 0.5) is 0 Å². The number of aliphatic hydroxyl groups is 1. The number of aliphatic hydroxyl groups excluding tert-OH is 1. The summed E-state index contributed by atoms with van der Waals surface area (Å²) in [7, 11) is 1.62. The number of aliphatic carboxylic acids is 1. The monoisotopic (exact) mass is 496 g/mol. The summed E-state index contributed by atoms with van der Waals surface area (Å²) in [5.74, 6) is 1.22. The summed E-state index contributed by atoms with van der Waals surface area (Å²) in [5, 5.41) is 22.4. The first-order valence-corrected chi connectivity index (χ1v) is 13.0. The van der Waals surface area contributed by atoms with Crippen molar-refractivity contribution in [2.45, 2.75) is 36.8 Å². The highest BCUT2D eigenvalue weighted by Gasteiger charge is 2.31. The van der Waals surface area contributed by atoms with Crippen LogP contribution in [0.1, 0.15) is 37.4 Å². The number of rotatable bonds is 11. The van der Waals surface area contributed by atoms with Crippen LogP contribution in [0.25, 0.3) is 10.9 Å². The van der Waals surface area contributed by atoms with Crippen LogP contribution in [0.15, 0.2) is 54.1 Å². The van der Waals surface area contributed by atoms with Gasteiger partial charge in [0, 0.05) is 43.0 Å². The lowest BCUT2D eigenvalue weighted by Crippen LogP contribution is -2.42. The van der Waals surface area contributed by atoms with Crippen LogP contribution in [0.5, 0.6) is 5.75 Å². The molecule has 186 valence electrons. The highest BCUT2D eigenvalue weighted by Crippen LogP contribution is 2.35. The molecule has 9 heteroatoms. The van der Waals surface area contributed by atoms with Crippen molar-refractivity contribution in [1.29, 1.82) is 0 Å². The number of pyridine rings is 1. The quantitative estimate of drug-likeness (QED) is 0.300. The zero-order valence-electron chi connectivity index (χ0n) is 19.9. The zero-order valence-corrected chi connectivity index (χ0v) is 20.7. The number of carbonyl (C=O) groups is 1. The molecular weight excluding hydrogens is 464 g/mol. The van der Waals surface area contributed by atoms with Crippen LogP contribution in [0.2, 0.25) is 0 Å². The minimum absolute atomic E-state index is 0.0757. The number of fused-ring (bicyclic) bond motifs is 1. The molecule has 2 N–H and O–H groups in total. The summed E-state index contributed by atoms with van der Waals surface area (Å²) < 4.78 is 5.35. The predicted molar refractivity (Wildman–Crippen MR) is 136 cm³/mol. The lowest BCUT2D eigenvalue weighted by Gasteiger charge is -2.38. The Morgan fingerprint density at radius 1 is 1.23 bits per heavy atom. The fourth-order valence-corrected chi connectivity index (χ4v) is 5.77. The van der Waals surface area contributed by atoms with Crippen LogP contribution in [-0.4, -0.2) is 68.5 Å².